The Morgan fingerprint density at radius 2 is 0.562 bits per heavy atom. The molecule has 0 aromatic carbocycles. The van der Waals surface area contributed by atoms with Gasteiger partial charge >= 0.3 is 12.1 Å². The van der Waals surface area contributed by atoms with Gasteiger partial charge in [-0.15, -0.1) is 0 Å². The molecule has 0 aromatic rings. The monoisotopic (exact) mass is 272 g/mol. The summed E-state index contributed by atoms with van der Waals surface area (Å²) in [7, 11) is 0. The fraction of sp³-hybridized carbons (Fsp3) is 0. The van der Waals surface area contributed by atoms with E-state index in [2.05, 4.69) is 70.3 Å². The van der Waals surface area contributed by atoms with Gasteiger partial charge in [-0.2, -0.15) is 0 Å². The maximum atomic E-state index is 9.00. The van der Waals surface area contributed by atoms with Crippen LogP contribution in [0.3, 0.4) is 0 Å². The fourth-order valence-electron chi connectivity index (χ4n) is 0. The van der Waals surface area contributed by atoms with Crippen molar-refractivity contribution in [2.45, 2.75) is 0 Å². The second-order valence-electron chi connectivity index (χ2n) is 1.61. The first-order valence-electron chi connectivity index (χ1n) is 3.13. The van der Waals surface area contributed by atoms with Crippen LogP contribution in [0.4, 0.5) is 9.59 Å². The Kier molecular flexibility index (Phi) is 27.5. The van der Waals surface area contributed by atoms with E-state index in [1.807, 2.05) is 0 Å². The Morgan fingerprint density at radius 1 is 0.562 bits per heavy atom. The Bertz CT molecular complexity index is 168. The van der Waals surface area contributed by atoms with Crippen LogP contribution in [-0.2, 0) is 0 Å². The van der Waals surface area contributed by atoms with Crippen molar-refractivity contribution in [1.29, 1.82) is 0 Å². The number of thiocarbonyl (C=S) groups is 2. The van der Waals surface area contributed by atoms with Gasteiger partial charge in [0.2, 0.25) is 0 Å². The van der Waals surface area contributed by atoms with Crippen molar-refractivity contribution in [3.05, 3.63) is 0 Å². The summed E-state index contributed by atoms with van der Waals surface area (Å²) in [6, 6.07) is -1.67. The summed E-state index contributed by atoms with van der Waals surface area (Å²) in [5, 5.41) is 0.000000000000000444. The Balaban J connectivity index is -0.0000000600. The van der Waals surface area contributed by atoms with Crippen molar-refractivity contribution >= 4 is 46.7 Å². The van der Waals surface area contributed by atoms with Crippen LogP contribution in [0, 0.1) is 0 Å². The van der Waals surface area contributed by atoms with Crippen molar-refractivity contribution in [2.75, 3.05) is 0 Å². The predicted molar refractivity (Wildman–Crippen MR) is 69.5 cm³/mol. The highest BCUT2D eigenvalue weighted by Crippen LogP contribution is 1.33. The van der Waals surface area contributed by atoms with E-state index in [9.17, 15) is 0 Å². The lowest BCUT2D eigenvalue weighted by molar-refractivity contribution is 0.255. The molecule has 0 unspecified atom stereocenters. The van der Waals surface area contributed by atoms with Crippen LogP contribution in [0.15, 0.2) is 0 Å². The lowest BCUT2D eigenvalue weighted by atomic mass is 11.2. The van der Waals surface area contributed by atoms with Crippen LogP contribution >= 0.6 is 24.4 Å². The number of hydrogen-bond donors (Lipinski definition) is 8. The van der Waals surface area contributed by atoms with E-state index in [-0.39, 0.29) is 10.2 Å². The Hall–Kier alpha value is -2.08. The normalized spacial score (nSPS) is 6.00. The van der Waals surface area contributed by atoms with E-state index in [0.29, 0.717) is 0 Å². The van der Waals surface area contributed by atoms with E-state index in [1.165, 1.54) is 0 Å². The van der Waals surface area contributed by atoms with Gasteiger partial charge in [0, 0.05) is 0 Å². The third kappa shape index (κ3) is 329. The van der Waals surface area contributed by atoms with Gasteiger partial charge in [0.05, 0.1) is 0 Å². The molecule has 10 nitrogen and oxygen atoms in total. The minimum absolute atomic E-state index is 0.000000000000000222. The second-order valence-corrected chi connectivity index (χ2v) is 2.55. The van der Waals surface area contributed by atoms with Crippen LogP contribution in [-0.4, -0.2) is 22.3 Å². The van der Waals surface area contributed by atoms with Crippen molar-refractivity contribution in [3.8, 4) is 0 Å². The van der Waals surface area contributed by atoms with Crippen molar-refractivity contribution in [3.63, 3.8) is 0 Å². The Labute approximate surface area is 103 Å². The highest BCUT2D eigenvalue weighted by atomic mass is 32.1. The molecule has 0 bridgehead atoms. The molecule has 0 aliphatic rings. The molecule has 0 saturated carbocycles. The second kappa shape index (κ2) is 18.7. The zero-order valence-corrected chi connectivity index (χ0v) is 9.88. The first-order valence-corrected chi connectivity index (χ1v) is 3.94. The number of amides is 4. The fourth-order valence-corrected chi connectivity index (χ4v) is 0. The summed E-state index contributed by atoms with van der Waals surface area (Å²) >= 11 is 8.19. The highest BCUT2D eigenvalue weighted by molar-refractivity contribution is 7.80. The minimum atomic E-state index is -0.833. The molecule has 0 atom stereocenters. The third-order valence-electron chi connectivity index (χ3n) is 0. The van der Waals surface area contributed by atoms with Gasteiger partial charge in [-0.3, -0.25) is 0 Å². The zero-order valence-electron chi connectivity index (χ0n) is 8.25. The smallest absolute Gasteiger partial charge is 0.309 e. The molecule has 0 saturated heterocycles. The summed E-state index contributed by atoms with van der Waals surface area (Å²) in [5.41, 5.74) is 35.5. The molecule has 0 heterocycles. The van der Waals surface area contributed by atoms with Crippen molar-refractivity contribution in [1.82, 2.24) is 0 Å². The highest BCUT2D eigenvalue weighted by Gasteiger charge is 1.61. The van der Waals surface area contributed by atoms with Crippen LogP contribution in [0.25, 0.3) is 0 Å². The quantitative estimate of drug-likeness (QED) is 0.204. The number of rotatable bonds is 0. The molecule has 0 aliphatic carbocycles. The van der Waals surface area contributed by atoms with Crippen molar-refractivity contribution in [2.24, 2.45) is 45.9 Å². The SMILES string of the molecule is NC(N)=O.NC(N)=O.NC(N)=S.NC(N)=S. The van der Waals surface area contributed by atoms with E-state index in [0.717, 1.165) is 0 Å². The summed E-state index contributed by atoms with van der Waals surface area (Å²) < 4.78 is 0. The van der Waals surface area contributed by atoms with Crippen LogP contribution in [0.2, 0.25) is 0 Å². The van der Waals surface area contributed by atoms with Crippen LogP contribution < -0.4 is 45.9 Å². The molecule has 0 fully saturated rings. The van der Waals surface area contributed by atoms with E-state index in [1.54, 1.807) is 0 Å². The molecule has 16 heavy (non-hydrogen) atoms. The standard InChI is InChI=1S/2CH4N2O.2CH4N2S/c4*2-1(3)4/h4*(H4,2,3,4). The van der Waals surface area contributed by atoms with Crippen molar-refractivity contribution < 1.29 is 9.59 Å². The molecular weight excluding hydrogens is 256 g/mol. The maximum absolute atomic E-state index is 9.00. The molecule has 0 radical (unpaired) electrons. The molecule has 96 valence electrons. The summed E-state index contributed by atoms with van der Waals surface area (Å²) in [6.07, 6.45) is 0. The molecule has 16 N–H and O–H groups in total. The summed E-state index contributed by atoms with van der Waals surface area (Å²) in [5.74, 6) is 0. The van der Waals surface area contributed by atoms with E-state index in [4.69, 9.17) is 9.59 Å². The molecule has 0 aromatic heterocycles. The number of urea groups is 2. The largest absolute Gasteiger partial charge is 0.377 e. The van der Waals surface area contributed by atoms with Crippen LogP contribution in [0.5, 0.6) is 0 Å². The first kappa shape index (κ1) is 23.6. The van der Waals surface area contributed by atoms with Gasteiger partial charge in [0.25, 0.3) is 0 Å². The number of carbonyl (C=O) groups is 2. The maximum Gasteiger partial charge on any atom is 0.309 e. The van der Waals surface area contributed by atoms with Gasteiger partial charge in [0.15, 0.2) is 10.2 Å². The molecule has 0 aliphatic heterocycles. The Morgan fingerprint density at radius 3 is 0.562 bits per heavy atom. The summed E-state index contributed by atoms with van der Waals surface area (Å²) in [4.78, 5) is 18.0. The van der Waals surface area contributed by atoms with E-state index >= 15 is 0 Å². The average Bonchev–Trinajstić information content (AvgIpc) is 1.76. The predicted octanol–water partition coefficient (Wildman–Crippen LogP) is -3.58. The average molecular weight is 272 g/mol. The number of primary amides is 4. The summed E-state index contributed by atoms with van der Waals surface area (Å²) in [6.45, 7) is 0. The van der Waals surface area contributed by atoms with Gasteiger partial charge < -0.3 is 45.9 Å². The number of hydrogen-bond acceptors (Lipinski definition) is 4. The van der Waals surface area contributed by atoms with Gasteiger partial charge in [-0.1, -0.05) is 0 Å². The topological polar surface area (TPSA) is 242 Å². The lowest BCUT2D eigenvalue weighted by Crippen LogP contribution is -2.18. The number of carbonyl (C=O) groups excluding carboxylic acids is 2. The number of nitrogens with two attached hydrogens (primary N) is 8. The molecule has 4 amide bonds. The zero-order chi connectivity index (χ0) is 14.3. The molecule has 12 heteroatoms. The molecule has 0 spiro atoms. The van der Waals surface area contributed by atoms with Gasteiger partial charge in [0.1, 0.15) is 0 Å². The molecular formula is C4H16N8O2S2. The molecule has 0 rings (SSSR count). The third-order valence-corrected chi connectivity index (χ3v) is 0. The minimum Gasteiger partial charge on any atom is -0.377 e. The van der Waals surface area contributed by atoms with E-state index < -0.39 is 12.1 Å². The van der Waals surface area contributed by atoms with Gasteiger partial charge in [-0.05, 0) is 24.4 Å². The first-order chi connectivity index (χ1) is 6.93. The lowest BCUT2D eigenvalue weighted by Gasteiger charge is -1.68. The van der Waals surface area contributed by atoms with Gasteiger partial charge in [-0.25, -0.2) is 9.59 Å². The van der Waals surface area contributed by atoms with Crippen LogP contribution in [0.1, 0.15) is 0 Å².